The van der Waals surface area contributed by atoms with Crippen LogP contribution in [-0.4, -0.2) is 43.0 Å². The van der Waals surface area contributed by atoms with Crippen molar-refractivity contribution in [1.29, 1.82) is 0 Å². The van der Waals surface area contributed by atoms with Crippen LogP contribution in [0.2, 0.25) is 0 Å². The number of nitrogens with two attached hydrogens (primary N) is 1. The number of aromatic nitrogens is 2. The predicted octanol–water partition coefficient (Wildman–Crippen LogP) is 5.49. The minimum atomic E-state index is -4.23. The van der Waals surface area contributed by atoms with Crippen LogP contribution in [0.15, 0.2) is 59.6 Å². The highest BCUT2D eigenvalue weighted by Gasteiger charge is 2.33. The maximum atomic E-state index is 13.3. The molecular weight excluding hydrogens is 490 g/mol. The fraction of sp³-hybridized carbons (Fsp3) is 0.370. The molecule has 206 valence electrons. The summed E-state index contributed by atoms with van der Waals surface area (Å²) in [5.41, 5.74) is 7.31. The molecule has 0 aliphatic carbocycles. The molecule has 0 unspecified atom stereocenters. The SMILES string of the molecule is CC(C)COc1cccc(-c2ccc(C(=O)NS(=O)(=O)c3cccc(N)n3)c(N3[C@H](C)CC[C@@H]3C)n2)c1.[HH].[HH].[HH].[HH].[HH]. The number of hydrogen-bond acceptors (Lipinski definition) is 8. The van der Waals surface area contributed by atoms with Gasteiger partial charge >= 0.3 is 0 Å². The average Bonchev–Trinajstić information content (AvgIpc) is 3.19. The van der Waals surface area contributed by atoms with E-state index < -0.39 is 15.9 Å². The van der Waals surface area contributed by atoms with Gasteiger partial charge in [-0.2, -0.15) is 8.42 Å². The molecule has 0 saturated carbocycles. The number of ether oxygens (including phenoxy) is 1. The molecule has 1 fully saturated rings. The lowest BCUT2D eigenvalue weighted by atomic mass is 10.1. The van der Waals surface area contributed by atoms with Crippen LogP contribution >= 0.6 is 0 Å². The van der Waals surface area contributed by atoms with Crippen LogP contribution < -0.4 is 20.1 Å². The summed E-state index contributed by atoms with van der Waals surface area (Å²) in [7, 11) is -4.23. The largest absolute Gasteiger partial charge is 0.493 e. The lowest BCUT2D eigenvalue weighted by Crippen LogP contribution is -2.37. The highest BCUT2D eigenvalue weighted by atomic mass is 32.2. The molecule has 0 spiro atoms. The summed E-state index contributed by atoms with van der Waals surface area (Å²) in [6.07, 6.45) is 1.89. The van der Waals surface area contributed by atoms with Crippen molar-refractivity contribution in [2.24, 2.45) is 5.92 Å². The Hall–Kier alpha value is -3.66. The first kappa shape index (κ1) is 26.4. The Morgan fingerprint density at radius 1 is 1.11 bits per heavy atom. The van der Waals surface area contributed by atoms with Crippen molar-refractivity contribution < 1.29 is 25.1 Å². The van der Waals surface area contributed by atoms with Crippen molar-refractivity contribution in [3.05, 3.63) is 60.2 Å². The fourth-order valence-electron chi connectivity index (χ4n) is 4.41. The van der Waals surface area contributed by atoms with Gasteiger partial charge in [-0.3, -0.25) is 4.79 Å². The number of nitrogen functional groups attached to an aromatic ring is 1. The molecular formula is C27H43N5O4S. The normalized spacial score (nSPS) is 17.7. The topological polar surface area (TPSA) is 128 Å². The molecule has 0 radical (unpaired) electrons. The summed E-state index contributed by atoms with van der Waals surface area (Å²) in [5.74, 6) is 0.833. The smallest absolute Gasteiger partial charge is 0.281 e. The third kappa shape index (κ3) is 6.02. The van der Waals surface area contributed by atoms with Crippen LogP contribution in [0.4, 0.5) is 11.6 Å². The maximum Gasteiger partial charge on any atom is 0.281 e. The molecule has 9 nitrogen and oxygen atoms in total. The standard InChI is InChI=1S/C27H33N5O4S.5H2/c1-17(2)16-36-21-8-5-7-20(15-21)23-14-13-22(26(29-23)32-18(3)11-12-19(32)4)27(33)31-37(34,35)25-10-6-9-24(28)30-25;;;;;/h5-10,13-15,17-19H,11-12,16H2,1-4H3,(H2,28,30)(H,31,33);5*1H/t18-,19+;;;;;. The van der Waals surface area contributed by atoms with E-state index in [-0.39, 0.29) is 35.6 Å². The van der Waals surface area contributed by atoms with Crippen LogP contribution in [0, 0.1) is 5.92 Å². The summed E-state index contributed by atoms with van der Waals surface area (Å²) < 4.78 is 33.7. The number of nitrogens with one attached hydrogen (secondary N) is 1. The fourth-order valence-corrected chi connectivity index (χ4v) is 5.36. The molecule has 1 aliphatic rings. The van der Waals surface area contributed by atoms with E-state index in [9.17, 15) is 13.2 Å². The lowest BCUT2D eigenvalue weighted by Gasteiger charge is -2.29. The van der Waals surface area contributed by atoms with Gasteiger partial charge in [0.25, 0.3) is 15.9 Å². The van der Waals surface area contributed by atoms with Crippen LogP contribution in [0.1, 0.15) is 58.0 Å². The second-order valence-electron chi connectivity index (χ2n) is 9.82. The quantitative estimate of drug-likeness (QED) is 0.389. The average molecular weight is 534 g/mol. The van der Waals surface area contributed by atoms with E-state index in [0.717, 1.165) is 24.2 Å². The zero-order valence-corrected chi connectivity index (χ0v) is 22.3. The van der Waals surface area contributed by atoms with Crippen molar-refractivity contribution in [2.45, 2.75) is 57.6 Å². The van der Waals surface area contributed by atoms with Crippen molar-refractivity contribution in [2.75, 3.05) is 17.2 Å². The van der Waals surface area contributed by atoms with E-state index >= 15 is 0 Å². The van der Waals surface area contributed by atoms with Crippen molar-refractivity contribution in [3.63, 3.8) is 0 Å². The van der Waals surface area contributed by atoms with E-state index in [1.807, 2.05) is 24.3 Å². The molecule has 3 N–H and O–H groups in total. The number of pyridine rings is 2. The number of hydrogen-bond donors (Lipinski definition) is 2. The Balaban J connectivity index is 0. The summed E-state index contributed by atoms with van der Waals surface area (Å²) >= 11 is 0. The second kappa shape index (κ2) is 10.8. The van der Waals surface area contributed by atoms with Gasteiger partial charge in [-0.1, -0.05) is 32.0 Å². The van der Waals surface area contributed by atoms with Crippen molar-refractivity contribution in [1.82, 2.24) is 14.7 Å². The number of amides is 1. The van der Waals surface area contributed by atoms with Crippen LogP contribution in [-0.2, 0) is 10.0 Å². The Kier molecular flexibility index (Phi) is 7.68. The highest BCUT2D eigenvalue weighted by molar-refractivity contribution is 7.90. The van der Waals surface area contributed by atoms with E-state index in [1.165, 1.54) is 18.2 Å². The molecule has 2 atom stereocenters. The molecule has 10 heteroatoms. The number of anilines is 2. The van der Waals surface area contributed by atoms with Gasteiger partial charge < -0.3 is 15.4 Å². The van der Waals surface area contributed by atoms with E-state index in [0.29, 0.717) is 24.0 Å². The molecule has 3 heterocycles. The Labute approximate surface area is 225 Å². The van der Waals surface area contributed by atoms with Gasteiger partial charge in [-0.05, 0) is 69.0 Å². The summed E-state index contributed by atoms with van der Waals surface area (Å²) in [4.78, 5) is 24.1. The van der Waals surface area contributed by atoms with E-state index in [1.54, 1.807) is 12.1 Å². The first-order valence-electron chi connectivity index (χ1n) is 12.4. The third-order valence-corrected chi connectivity index (χ3v) is 7.51. The Morgan fingerprint density at radius 3 is 2.49 bits per heavy atom. The number of carbonyl (C=O) groups is 1. The van der Waals surface area contributed by atoms with E-state index in [4.69, 9.17) is 15.5 Å². The molecule has 3 aromatic rings. The van der Waals surface area contributed by atoms with Gasteiger partial charge in [0.15, 0.2) is 5.03 Å². The zero-order chi connectivity index (χ0) is 26.7. The molecule has 4 rings (SSSR count). The molecule has 2 aromatic heterocycles. The molecule has 0 bridgehead atoms. The lowest BCUT2D eigenvalue weighted by molar-refractivity contribution is 0.0981. The van der Waals surface area contributed by atoms with Gasteiger partial charge in [0.2, 0.25) is 0 Å². The van der Waals surface area contributed by atoms with Crippen LogP contribution in [0.3, 0.4) is 0 Å². The Bertz CT molecular complexity index is 1410. The number of nitrogens with zero attached hydrogens (tertiary/aromatic N) is 3. The minimum Gasteiger partial charge on any atom is -0.493 e. The first-order chi connectivity index (χ1) is 17.5. The van der Waals surface area contributed by atoms with Gasteiger partial charge in [0.05, 0.1) is 17.9 Å². The van der Waals surface area contributed by atoms with Gasteiger partial charge in [0.1, 0.15) is 17.4 Å². The monoisotopic (exact) mass is 533 g/mol. The summed E-state index contributed by atoms with van der Waals surface area (Å²) in [6, 6.07) is 15.5. The van der Waals surface area contributed by atoms with E-state index in [2.05, 4.69) is 42.3 Å². The summed E-state index contributed by atoms with van der Waals surface area (Å²) in [6.45, 7) is 8.92. The first-order valence-corrected chi connectivity index (χ1v) is 13.9. The second-order valence-corrected chi connectivity index (χ2v) is 11.4. The predicted molar refractivity (Wildman–Crippen MR) is 155 cm³/mol. The van der Waals surface area contributed by atoms with Crippen molar-refractivity contribution >= 4 is 27.6 Å². The molecule has 1 aliphatic heterocycles. The van der Waals surface area contributed by atoms with Crippen LogP contribution in [0.25, 0.3) is 11.3 Å². The third-order valence-electron chi connectivity index (χ3n) is 6.28. The van der Waals surface area contributed by atoms with Crippen molar-refractivity contribution in [3.8, 4) is 17.0 Å². The molecule has 1 saturated heterocycles. The molecule has 1 aromatic carbocycles. The number of benzene rings is 1. The number of carbonyl (C=O) groups excluding carboxylic acids is 1. The number of rotatable bonds is 8. The van der Waals surface area contributed by atoms with Gasteiger partial charge in [0, 0.05) is 24.8 Å². The van der Waals surface area contributed by atoms with Gasteiger partial charge in [-0.15, -0.1) is 0 Å². The highest BCUT2D eigenvalue weighted by Crippen LogP contribution is 2.34. The zero-order valence-electron chi connectivity index (χ0n) is 21.5. The van der Waals surface area contributed by atoms with Crippen LogP contribution in [0.5, 0.6) is 5.75 Å². The Morgan fingerprint density at radius 2 is 1.81 bits per heavy atom. The molecule has 1 amide bonds. The minimum absolute atomic E-state index is 0. The summed E-state index contributed by atoms with van der Waals surface area (Å²) in [5, 5.41) is -0.326. The van der Waals surface area contributed by atoms with Gasteiger partial charge in [-0.25, -0.2) is 14.7 Å². The maximum absolute atomic E-state index is 13.3. The number of sulfonamides is 1. The molecule has 37 heavy (non-hydrogen) atoms.